The van der Waals surface area contributed by atoms with Crippen molar-refractivity contribution in [1.82, 2.24) is 5.32 Å². The first-order valence-corrected chi connectivity index (χ1v) is 7.78. The summed E-state index contributed by atoms with van der Waals surface area (Å²) in [6.45, 7) is 1.36. The van der Waals surface area contributed by atoms with Crippen LogP contribution in [0.1, 0.15) is 28.4 Å². The normalized spacial score (nSPS) is 9.68. The fraction of sp³-hybridized carbons (Fsp3) is 0.200. The van der Waals surface area contributed by atoms with Gasteiger partial charge < -0.3 is 15.2 Å². The van der Waals surface area contributed by atoms with Gasteiger partial charge in [-0.05, 0) is 30.7 Å². The second kappa shape index (κ2) is 9.26. The van der Waals surface area contributed by atoms with E-state index in [1.54, 1.807) is 30.3 Å². The highest BCUT2D eigenvalue weighted by Gasteiger charge is 2.04. The van der Waals surface area contributed by atoms with Crippen LogP contribution in [0.15, 0.2) is 48.5 Å². The van der Waals surface area contributed by atoms with Crippen molar-refractivity contribution in [2.24, 2.45) is 0 Å². The summed E-state index contributed by atoms with van der Waals surface area (Å²) in [5, 5.41) is 12.0. The number of ketones is 1. The number of carbonyl (C=O) groups excluding carboxylic acids is 2. The van der Waals surface area contributed by atoms with Crippen LogP contribution < -0.4 is 10.1 Å². The lowest BCUT2D eigenvalue weighted by Gasteiger charge is -2.05. The van der Waals surface area contributed by atoms with E-state index < -0.39 is 0 Å². The molecule has 2 aromatic rings. The number of aliphatic hydroxyl groups excluding tert-OH is 1. The smallest absolute Gasteiger partial charge is 0.258 e. The molecule has 0 saturated heterocycles. The van der Waals surface area contributed by atoms with Crippen LogP contribution in [-0.2, 0) is 11.4 Å². The van der Waals surface area contributed by atoms with E-state index in [0.717, 1.165) is 0 Å². The molecule has 25 heavy (non-hydrogen) atoms. The monoisotopic (exact) mass is 337 g/mol. The van der Waals surface area contributed by atoms with Crippen molar-refractivity contribution in [3.8, 4) is 17.6 Å². The molecular formula is C20H19NO4. The predicted octanol–water partition coefficient (Wildman–Crippen LogP) is 1.93. The second-order valence-electron chi connectivity index (χ2n) is 5.27. The van der Waals surface area contributed by atoms with E-state index in [0.29, 0.717) is 22.4 Å². The largest absolute Gasteiger partial charge is 0.484 e. The number of hydrogen-bond acceptors (Lipinski definition) is 4. The molecule has 0 heterocycles. The number of nitrogens with one attached hydrogen (secondary N) is 1. The minimum atomic E-state index is -0.280. The molecule has 2 N–H and O–H groups in total. The molecule has 2 rings (SSSR count). The summed E-state index contributed by atoms with van der Waals surface area (Å²) >= 11 is 0. The Hall–Kier alpha value is -3.10. The van der Waals surface area contributed by atoms with E-state index in [1.165, 1.54) is 6.92 Å². The van der Waals surface area contributed by atoms with Gasteiger partial charge in [-0.2, -0.15) is 0 Å². The summed E-state index contributed by atoms with van der Waals surface area (Å²) in [6, 6.07) is 14.0. The Morgan fingerprint density at radius 3 is 2.60 bits per heavy atom. The number of hydrogen-bond donors (Lipinski definition) is 2. The Morgan fingerprint density at radius 1 is 1.16 bits per heavy atom. The summed E-state index contributed by atoms with van der Waals surface area (Å²) in [5.74, 6) is 5.96. The van der Waals surface area contributed by atoms with Crippen molar-refractivity contribution in [3.63, 3.8) is 0 Å². The highest BCUT2D eigenvalue weighted by Crippen LogP contribution is 2.12. The molecule has 1 amide bonds. The molecular weight excluding hydrogens is 318 g/mol. The second-order valence-corrected chi connectivity index (χ2v) is 5.27. The fourth-order valence-corrected chi connectivity index (χ4v) is 2.05. The van der Waals surface area contributed by atoms with Gasteiger partial charge in [0.2, 0.25) is 0 Å². The van der Waals surface area contributed by atoms with Crippen LogP contribution in [0.3, 0.4) is 0 Å². The Labute approximate surface area is 146 Å². The number of carbonyl (C=O) groups is 2. The van der Waals surface area contributed by atoms with Crippen LogP contribution in [0, 0.1) is 11.8 Å². The lowest BCUT2D eigenvalue weighted by molar-refractivity contribution is -0.122. The number of aliphatic hydroxyl groups is 1. The molecule has 128 valence electrons. The zero-order valence-electron chi connectivity index (χ0n) is 13.9. The Morgan fingerprint density at radius 2 is 1.92 bits per heavy atom. The lowest BCUT2D eigenvalue weighted by atomic mass is 10.0. The number of Topliss-reactive ketones (excluding diaryl/α,β-unsaturated/α-hetero) is 1. The molecule has 0 saturated carbocycles. The van der Waals surface area contributed by atoms with Gasteiger partial charge in [0.05, 0.1) is 13.2 Å². The zero-order valence-corrected chi connectivity index (χ0v) is 13.9. The van der Waals surface area contributed by atoms with Gasteiger partial charge in [-0.15, -0.1) is 0 Å². The van der Waals surface area contributed by atoms with Gasteiger partial charge in [0.1, 0.15) is 5.75 Å². The van der Waals surface area contributed by atoms with Crippen molar-refractivity contribution < 1.29 is 19.4 Å². The minimum absolute atomic E-state index is 0.0705. The quantitative estimate of drug-likeness (QED) is 0.624. The van der Waals surface area contributed by atoms with Crippen LogP contribution in [-0.4, -0.2) is 29.9 Å². The predicted molar refractivity (Wildman–Crippen MR) is 94.2 cm³/mol. The number of rotatable bonds is 6. The van der Waals surface area contributed by atoms with Crippen molar-refractivity contribution >= 4 is 11.7 Å². The van der Waals surface area contributed by atoms with Gasteiger partial charge in [-0.25, -0.2) is 0 Å². The fourth-order valence-electron chi connectivity index (χ4n) is 2.05. The van der Waals surface area contributed by atoms with Gasteiger partial charge in [0, 0.05) is 11.1 Å². The van der Waals surface area contributed by atoms with E-state index in [9.17, 15) is 14.7 Å². The first-order valence-electron chi connectivity index (χ1n) is 7.78. The maximum Gasteiger partial charge on any atom is 0.258 e. The van der Waals surface area contributed by atoms with E-state index in [2.05, 4.69) is 17.2 Å². The average molecular weight is 337 g/mol. The lowest BCUT2D eigenvalue weighted by Crippen LogP contribution is -2.29. The third kappa shape index (κ3) is 5.79. The Balaban J connectivity index is 1.88. The molecule has 0 aliphatic heterocycles. The molecule has 5 nitrogen and oxygen atoms in total. The maximum absolute atomic E-state index is 11.7. The van der Waals surface area contributed by atoms with Gasteiger partial charge >= 0.3 is 0 Å². The molecule has 0 radical (unpaired) electrons. The van der Waals surface area contributed by atoms with E-state index >= 15 is 0 Å². The van der Waals surface area contributed by atoms with Crippen LogP contribution in [0.5, 0.6) is 5.75 Å². The van der Waals surface area contributed by atoms with Crippen molar-refractivity contribution in [2.45, 2.75) is 13.5 Å². The van der Waals surface area contributed by atoms with Crippen LogP contribution in [0.2, 0.25) is 0 Å². The van der Waals surface area contributed by atoms with E-state index in [-0.39, 0.29) is 31.4 Å². The summed E-state index contributed by atoms with van der Waals surface area (Å²) in [5.41, 5.74) is 1.74. The van der Waals surface area contributed by atoms with Gasteiger partial charge in [-0.1, -0.05) is 42.2 Å². The Kier molecular flexibility index (Phi) is 6.76. The van der Waals surface area contributed by atoms with Crippen molar-refractivity contribution in [3.05, 3.63) is 65.2 Å². The third-order valence-electron chi connectivity index (χ3n) is 3.40. The maximum atomic E-state index is 11.7. The summed E-state index contributed by atoms with van der Waals surface area (Å²) in [4.78, 5) is 23.1. The summed E-state index contributed by atoms with van der Waals surface area (Å²) in [6.07, 6.45) is 0. The number of benzene rings is 2. The summed E-state index contributed by atoms with van der Waals surface area (Å²) in [7, 11) is 0. The van der Waals surface area contributed by atoms with Crippen molar-refractivity contribution in [1.29, 1.82) is 0 Å². The topological polar surface area (TPSA) is 75.6 Å². The zero-order chi connectivity index (χ0) is 18.1. The van der Waals surface area contributed by atoms with Gasteiger partial charge in [0.15, 0.2) is 12.4 Å². The number of amides is 1. The van der Waals surface area contributed by atoms with Crippen molar-refractivity contribution in [2.75, 3.05) is 13.2 Å². The standard InChI is InChI=1S/C20H19NO4/c1-15(23)16-9-10-18(13-22)17(12-16)6-5-11-21-20(24)14-25-19-7-3-2-4-8-19/h2-4,7-10,12,22H,11,13-14H2,1H3,(H,21,24). The number of ether oxygens (including phenoxy) is 1. The van der Waals surface area contributed by atoms with E-state index in [4.69, 9.17) is 4.74 Å². The molecule has 0 unspecified atom stereocenters. The van der Waals surface area contributed by atoms with Crippen LogP contribution in [0.25, 0.3) is 0 Å². The molecule has 0 aliphatic rings. The highest BCUT2D eigenvalue weighted by atomic mass is 16.5. The van der Waals surface area contributed by atoms with E-state index in [1.807, 2.05) is 18.2 Å². The van der Waals surface area contributed by atoms with Crippen LogP contribution >= 0.6 is 0 Å². The molecule has 5 heteroatoms. The number of para-hydroxylation sites is 1. The van der Waals surface area contributed by atoms with Crippen LogP contribution in [0.4, 0.5) is 0 Å². The first-order chi connectivity index (χ1) is 12.1. The highest BCUT2D eigenvalue weighted by molar-refractivity contribution is 5.94. The van der Waals surface area contributed by atoms with Gasteiger partial charge in [0.25, 0.3) is 5.91 Å². The molecule has 0 aromatic heterocycles. The third-order valence-corrected chi connectivity index (χ3v) is 3.40. The minimum Gasteiger partial charge on any atom is -0.484 e. The molecule has 0 spiro atoms. The SMILES string of the molecule is CC(=O)c1ccc(CO)c(C#CCNC(=O)COc2ccccc2)c1. The van der Waals surface area contributed by atoms with Gasteiger partial charge in [-0.3, -0.25) is 9.59 Å². The molecule has 0 bridgehead atoms. The summed E-state index contributed by atoms with van der Waals surface area (Å²) < 4.78 is 5.33. The molecule has 0 fully saturated rings. The Bertz CT molecular complexity index is 803. The molecule has 0 atom stereocenters. The molecule has 2 aromatic carbocycles. The molecule has 0 aliphatic carbocycles. The average Bonchev–Trinajstić information content (AvgIpc) is 2.64. The first kappa shape index (κ1) is 18.2.